The van der Waals surface area contributed by atoms with E-state index in [1.807, 2.05) is 0 Å². The Morgan fingerprint density at radius 2 is 1.92 bits per heavy atom. The molecule has 0 spiro atoms. The van der Waals surface area contributed by atoms with E-state index < -0.39 is 11.6 Å². The van der Waals surface area contributed by atoms with Gasteiger partial charge in [0.25, 0.3) is 0 Å². The zero-order valence-electron chi connectivity index (χ0n) is 14.6. The number of pyridine rings is 1. The summed E-state index contributed by atoms with van der Waals surface area (Å²) in [5.41, 5.74) is -0.631. The molecule has 7 heteroatoms. The van der Waals surface area contributed by atoms with Crippen molar-refractivity contribution in [1.29, 1.82) is 0 Å². The molecule has 2 aliphatic heterocycles. The zero-order chi connectivity index (χ0) is 17.9. The summed E-state index contributed by atoms with van der Waals surface area (Å²) >= 11 is 0. The minimum absolute atomic E-state index is 0.0819. The number of aryl methyl sites for hydroxylation is 1. The van der Waals surface area contributed by atoms with Crippen molar-refractivity contribution in [1.82, 2.24) is 14.8 Å². The summed E-state index contributed by atoms with van der Waals surface area (Å²) in [7, 11) is 0. The molecular weight excluding hydrogens is 322 g/mol. The molecule has 0 radical (unpaired) electrons. The van der Waals surface area contributed by atoms with E-state index in [1.54, 1.807) is 30.2 Å². The van der Waals surface area contributed by atoms with Gasteiger partial charge >= 0.3 is 5.97 Å². The molecule has 2 fully saturated rings. The van der Waals surface area contributed by atoms with Crippen LogP contribution < -0.4 is 4.74 Å². The lowest BCUT2D eigenvalue weighted by Gasteiger charge is -2.39. The first kappa shape index (κ1) is 17.7. The first-order valence-corrected chi connectivity index (χ1v) is 8.84. The van der Waals surface area contributed by atoms with E-state index in [-0.39, 0.29) is 18.7 Å². The molecule has 3 rings (SSSR count). The van der Waals surface area contributed by atoms with Crippen LogP contribution in [0, 0.1) is 6.92 Å². The molecule has 1 N–H and O–H groups in total. The fraction of sp³-hybridized carbons (Fsp3) is 0.611. The van der Waals surface area contributed by atoms with Crippen LogP contribution in [-0.2, 0) is 9.59 Å². The molecule has 0 aliphatic carbocycles. The van der Waals surface area contributed by atoms with Gasteiger partial charge < -0.3 is 14.7 Å². The number of carboxylic acid groups (broad SMARTS) is 1. The van der Waals surface area contributed by atoms with E-state index in [2.05, 4.69) is 9.88 Å². The number of ether oxygens (including phenoxy) is 1. The fourth-order valence-electron chi connectivity index (χ4n) is 3.50. The van der Waals surface area contributed by atoms with Crippen LogP contribution in [0.5, 0.6) is 5.75 Å². The highest BCUT2D eigenvalue weighted by molar-refractivity contribution is 5.81. The SMILES string of the molecule is Cc1ncccc1OC1(C(=O)O)CCN(C(=O)CN2CCCC2)CC1. The van der Waals surface area contributed by atoms with Crippen LogP contribution in [0.4, 0.5) is 0 Å². The summed E-state index contributed by atoms with van der Waals surface area (Å²) in [4.78, 5) is 32.4. The molecule has 0 unspecified atom stereocenters. The van der Waals surface area contributed by atoms with Gasteiger partial charge in [-0.2, -0.15) is 0 Å². The number of carbonyl (C=O) groups is 2. The number of carboxylic acids is 1. The van der Waals surface area contributed by atoms with Gasteiger partial charge in [-0.05, 0) is 45.0 Å². The summed E-state index contributed by atoms with van der Waals surface area (Å²) in [6, 6.07) is 3.46. The smallest absolute Gasteiger partial charge is 0.348 e. The van der Waals surface area contributed by atoms with Crippen molar-refractivity contribution in [3.8, 4) is 5.75 Å². The second-order valence-electron chi connectivity index (χ2n) is 6.85. The average Bonchev–Trinajstić information content (AvgIpc) is 3.10. The van der Waals surface area contributed by atoms with Crippen LogP contribution in [0.3, 0.4) is 0 Å². The van der Waals surface area contributed by atoms with Crippen LogP contribution >= 0.6 is 0 Å². The second kappa shape index (κ2) is 7.39. The van der Waals surface area contributed by atoms with Gasteiger partial charge in [0, 0.05) is 32.1 Å². The highest BCUT2D eigenvalue weighted by Crippen LogP contribution is 2.30. The second-order valence-corrected chi connectivity index (χ2v) is 6.85. The van der Waals surface area contributed by atoms with E-state index in [4.69, 9.17) is 4.74 Å². The van der Waals surface area contributed by atoms with Crippen molar-refractivity contribution >= 4 is 11.9 Å². The van der Waals surface area contributed by atoms with Crippen molar-refractivity contribution in [3.63, 3.8) is 0 Å². The predicted octanol–water partition coefficient (Wildman–Crippen LogP) is 1.31. The van der Waals surface area contributed by atoms with Gasteiger partial charge in [-0.25, -0.2) is 4.79 Å². The van der Waals surface area contributed by atoms with Gasteiger partial charge in [-0.3, -0.25) is 14.7 Å². The lowest BCUT2D eigenvalue weighted by Crippen LogP contribution is -2.55. The summed E-state index contributed by atoms with van der Waals surface area (Å²) < 4.78 is 5.89. The quantitative estimate of drug-likeness (QED) is 0.865. The Kier molecular flexibility index (Phi) is 5.22. The van der Waals surface area contributed by atoms with Crippen LogP contribution in [0.15, 0.2) is 18.3 Å². The monoisotopic (exact) mass is 347 g/mol. The van der Waals surface area contributed by atoms with Gasteiger partial charge in [0.05, 0.1) is 12.2 Å². The van der Waals surface area contributed by atoms with E-state index in [1.165, 1.54) is 0 Å². The minimum Gasteiger partial charge on any atom is -0.478 e. The molecule has 1 amide bonds. The number of rotatable bonds is 5. The van der Waals surface area contributed by atoms with Crippen molar-refractivity contribution in [2.45, 2.75) is 38.2 Å². The molecule has 136 valence electrons. The molecule has 1 aromatic rings. The lowest BCUT2D eigenvalue weighted by molar-refractivity contribution is -0.162. The number of aromatic nitrogens is 1. The maximum atomic E-state index is 12.4. The number of likely N-dealkylation sites (tertiary alicyclic amines) is 2. The Morgan fingerprint density at radius 3 is 2.52 bits per heavy atom. The molecule has 2 aliphatic rings. The normalized spacial score (nSPS) is 20.4. The summed E-state index contributed by atoms with van der Waals surface area (Å²) in [5, 5.41) is 9.74. The number of hydrogen-bond acceptors (Lipinski definition) is 5. The molecule has 3 heterocycles. The first-order valence-electron chi connectivity index (χ1n) is 8.84. The van der Waals surface area contributed by atoms with E-state index in [0.717, 1.165) is 25.9 Å². The number of carbonyl (C=O) groups excluding carboxylic acids is 1. The third-order valence-electron chi connectivity index (χ3n) is 5.13. The van der Waals surface area contributed by atoms with E-state index in [0.29, 0.717) is 31.1 Å². The van der Waals surface area contributed by atoms with E-state index >= 15 is 0 Å². The zero-order valence-corrected chi connectivity index (χ0v) is 14.6. The maximum absolute atomic E-state index is 12.4. The number of aliphatic carboxylic acids is 1. The predicted molar refractivity (Wildman–Crippen MR) is 91.5 cm³/mol. The summed E-state index contributed by atoms with van der Waals surface area (Å²) in [6.07, 6.45) is 4.50. The van der Waals surface area contributed by atoms with Crippen molar-refractivity contribution in [2.75, 3.05) is 32.7 Å². The van der Waals surface area contributed by atoms with Crippen molar-refractivity contribution in [3.05, 3.63) is 24.0 Å². The molecule has 25 heavy (non-hydrogen) atoms. The Morgan fingerprint density at radius 1 is 1.24 bits per heavy atom. The number of amides is 1. The highest BCUT2D eigenvalue weighted by atomic mass is 16.5. The Labute approximate surface area is 147 Å². The molecule has 0 saturated carbocycles. The standard InChI is InChI=1S/C18H25N3O4/c1-14-15(5-4-8-19-14)25-18(17(23)24)6-11-21(12-7-18)16(22)13-20-9-2-3-10-20/h4-5,8H,2-3,6-7,9-13H2,1H3,(H,23,24). The van der Waals surface area contributed by atoms with Crippen LogP contribution in [-0.4, -0.2) is 70.1 Å². The molecule has 7 nitrogen and oxygen atoms in total. The Bertz CT molecular complexity index is 635. The molecule has 0 bridgehead atoms. The van der Waals surface area contributed by atoms with Crippen molar-refractivity contribution < 1.29 is 19.4 Å². The third-order valence-corrected chi connectivity index (χ3v) is 5.13. The topological polar surface area (TPSA) is 83.0 Å². The Hall–Kier alpha value is -2.15. The average molecular weight is 347 g/mol. The Balaban J connectivity index is 1.63. The number of nitrogens with zero attached hydrogens (tertiary/aromatic N) is 3. The van der Waals surface area contributed by atoms with Crippen molar-refractivity contribution in [2.24, 2.45) is 0 Å². The van der Waals surface area contributed by atoms with Gasteiger partial charge in [0.15, 0.2) is 0 Å². The highest BCUT2D eigenvalue weighted by Gasteiger charge is 2.45. The molecule has 0 atom stereocenters. The number of piperidine rings is 1. The van der Waals surface area contributed by atoms with Gasteiger partial charge in [0.2, 0.25) is 11.5 Å². The first-order chi connectivity index (χ1) is 12.0. The molecule has 1 aromatic heterocycles. The van der Waals surface area contributed by atoms with Crippen LogP contribution in [0.1, 0.15) is 31.4 Å². The van der Waals surface area contributed by atoms with Crippen LogP contribution in [0.2, 0.25) is 0 Å². The van der Waals surface area contributed by atoms with Crippen LogP contribution in [0.25, 0.3) is 0 Å². The van der Waals surface area contributed by atoms with Gasteiger partial charge in [-0.1, -0.05) is 0 Å². The molecule has 2 saturated heterocycles. The number of hydrogen-bond donors (Lipinski definition) is 1. The summed E-state index contributed by atoms with van der Waals surface area (Å²) in [6.45, 7) is 4.98. The molecule has 0 aromatic carbocycles. The fourth-order valence-corrected chi connectivity index (χ4v) is 3.50. The summed E-state index contributed by atoms with van der Waals surface area (Å²) in [5.74, 6) is -0.414. The minimum atomic E-state index is -1.29. The maximum Gasteiger partial charge on any atom is 0.348 e. The van der Waals surface area contributed by atoms with Gasteiger partial charge in [0.1, 0.15) is 5.75 Å². The van der Waals surface area contributed by atoms with E-state index in [9.17, 15) is 14.7 Å². The lowest BCUT2D eigenvalue weighted by atomic mass is 9.91. The van der Waals surface area contributed by atoms with Gasteiger partial charge in [-0.15, -0.1) is 0 Å². The largest absolute Gasteiger partial charge is 0.478 e. The third kappa shape index (κ3) is 3.92. The molecular formula is C18H25N3O4.